The maximum Gasteiger partial charge on any atom is 0.494 e. The molecule has 0 spiro atoms. The van der Waals surface area contributed by atoms with Crippen molar-refractivity contribution >= 4 is 34.3 Å². The fraction of sp³-hybridized carbons (Fsp3) is 0.304. The van der Waals surface area contributed by atoms with E-state index in [2.05, 4.69) is 22.8 Å². The molecular formula is C23H25BN2O3. The molecule has 2 aromatic carbocycles. The highest BCUT2D eigenvalue weighted by atomic mass is 16.7. The Morgan fingerprint density at radius 1 is 0.897 bits per heavy atom. The zero-order valence-electron chi connectivity index (χ0n) is 17.4. The van der Waals surface area contributed by atoms with Crippen LogP contribution in [0, 0.1) is 0 Å². The molecule has 0 unspecified atom stereocenters. The van der Waals surface area contributed by atoms with Crippen LogP contribution in [0.3, 0.4) is 0 Å². The van der Waals surface area contributed by atoms with Gasteiger partial charge >= 0.3 is 7.12 Å². The molecule has 6 heteroatoms. The average Bonchev–Trinajstić information content (AvgIpc) is 3.27. The number of benzene rings is 2. The van der Waals surface area contributed by atoms with Crippen molar-refractivity contribution < 1.29 is 14.4 Å². The molecule has 5 rings (SSSR count). The van der Waals surface area contributed by atoms with Crippen LogP contribution in [-0.2, 0) is 16.4 Å². The Balaban J connectivity index is 1.57. The third-order valence-corrected chi connectivity index (χ3v) is 6.49. The molecule has 0 atom stereocenters. The largest absolute Gasteiger partial charge is 0.494 e. The van der Waals surface area contributed by atoms with Gasteiger partial charge in [0.25, 0.3) is 0 Å². The van der Waals surface area contributed by atoms with E-state index in [1.807, 2.05) is 76.0 Å². The molecule has 5 nitrogen and oxygen atoms in total. The van der Waals surface area contributed by atoms with Crippen molar-refractivity contribution in [3.63, 3.8) is 0 Å². The number of aromatic hydroxyl groups is 1. The highest BCUT2D eigenvalue weighted by Gasteiger charge is 2.51. The zero-order chi connectivity index (χ0) is 20.6. The van der Waals surface area contributed by atoms with Crippen molar-refractivity contribution in [1.82, 2.24) is 9.13 Å². The lowest BCUT2D eigenvalue weighted by Crippen LogP contribution is -2.41. The van der Waals surface area contributed by atoms with Crippen LogP contribution in [-0.4, -0.2) is 32.6 Å². The van der Waals surface area contributed by atoms with Gasteiger partial charge in [0, 0.05) is 46.8 Å². The quantitative estimate of drug-likeness (QED) is 0.526. The summed E-state index contributed by atoms with van der Waals surface area (Å²) in [7, 11) is 1.58. The molecule has 0 bridgehead atoms. The fourth-order valence-corrected chi connectivity index (χ4v) is 3.95. The summed E-state index contributed by atoms with van der Waals surface area (Å²) in [5, 5.41) is 13.9. The van der Waals surface area contributed by atoms with E-state index in [4.69, 9.17) is 9.31 Å². The van der Waals surface area contributed by atoms with Gasteiger partial charge in [0.05, 0.1) is 11.2 Å². The third kappa shape index (κ3) is 2.70. The summed E-state index contributed by atoms with van der Waals surface area (Å²) >= 11 is 0. The molecule has 3 heterocycles. The molecule has 0 amide bonds. The highest BCUT2D eigenvalue weighted by Crippen LogP contribution is 2.37. The second-order valence-electron chi connectivity index (χ2n) is 8.93. The van der Waals surface area contributed by atoms with Crippen molar-refractivity contribution in [2.45, 2.75) is 38.9 Å². The summed E-state index contributed by atoms with van der Waals surface area (Å²) in [5.74, 6) is 0.216. The lowest BCUT2D eigenvalue weighted by molar-refractivity contribution is 0.00578. The summed E-state index contributed by atoms with van der Waals surface area (Å²) in [5.41, 5.74) is 2.20. The normalized spacial score (nSPS) is 18.2. The SMILES string of the molecule is Cn1ccc2cc(-n3cc4ccc(B5OC(C)(C)C(C)(C)O5)cc4c3O)ccc21. The molecule has 29 heavy (non-hydrogen) atoms. The lowest BCUT2D eigenvalue weighted by atomic mass is 9.78. The second-order valence-corrected chi connectivity index (χ2v) is 8.93. The standard InChI is InChI=1S/C23H25BN2O3/c1-22(2)23(3,4)29-24(28-22)17-7-6-16-14-26(21(27)19(16)13-17)18-8-9-20-15(12-18)10-11-25(20)5/h6-14,27H,1-5H3. The topological polar surface area (TPSA) is 48.5 Å². The van der Waals surface area contributed by atoms with Gasteiger partial charge in [-0.2, -0.15) is 0 Å². The molecule has 0 saturated carbocycles. The minimum Gasteiger partial charge on any atom is -0.494 e. The smallest absolute Gasteiger partial charge is 0.494 e. The van der Waals surface area contributed by atoms with Crippen molar-refractivity contribution in [2.75, 3.05) is 0 Å². The predicted molar refractivity (Wildman–Crippen MR) is 117 cm³/mol. The van der Waals surface area contributed by atoms with Gasteiger partial charge in [-0.15, -0.1) is 0 Å². The number of hydrogen-bond donors (Lipinski definition) is 1. The first kappa shape index (κ1) is 18.3. The van der Waals surface area contributed by atoms with Gasteiger partial charge in [-0.3, -0.25) is 4.57 Å². The maximum atomic E-state index is 11.0. The minimum absolute atomic E-state index is 0.216. The van der Waals surface area contributed by atoms with Crippen LogP contribution in [0.15, 0.2) is 54.9 Å². The molecule has 1 N–H and O–H groups in total. The van der Waals surface area contributed by atoms with E-state index in [0.717, 1.165) is 32.8 Å². The highest BCUT2D eigenvalue weighted by molar-refractivity contribution is 6.62. The predicted octanol–water partition coefficient (Wildman–Crippen LogP) is 4.13. The average molecular weight is 388 g/mol. The van der Waals surface area contributed by atoms with E-state index >= 15 is 0 Å². The zero-order valence-corrected chi connectivity index (χ0v) is 17.4. The van der Waals surface area contributed by atoms with Gasteiger partial charge < -0.3 is 19.0 Å². The lowest BCUT2D eigenvalue weighted by Gasteiger charge is -2.32. The third-order valence-electron chi connectivity index (χ3n) is 6.49. The van der Waals surface area contributed by atoms with E-state index in [0.29, 0.717) is 0 Å². The van der Waals surface area contributed by atoms with Gasteiger partial charge in [-0.1, -0.05) is 12.1 Å². The molecular weight excluding hydrogens is 363 g/mol. The second kappa shape index (κ2) is 5.91. The van der Waals surface area contributed by atoms with Gasteiger partial charge in [0.2, 0.25) is 5.88 Å². The number of hydrogen-bond acceptors (Lipinski definition) is 3. The first-order valence-corrected chi connectivity index (χ1v) is 9.91. The molecule has 4 aromatic rings. The van der Waals surface area contributed by atoms with Crippen molar-refractivity contribution in [2.24, 2.45) is 7.05 Å². The van der Waals surface area contributed by atoms with Crippen LogP contribution < -0.4 is 5.46 Å². The van der Waals surface area contributed by atoms with Crippen LogP contribution in [0.1, 0.15) is 27.7 Å². The van der Waals surface area contributed by atoms with E-state index in [-0.39, 0.29) is 5.88 Å². The molecule has 2 aromatic heterocycles. The van der Waals surface area contributed by atoms with Crippen LogP contribution in [0.4, 0.5) is 0 Å². The van der Waals surface area contributed by atoms with Crippen molar-refractivity contribution in [1.29, 1.82) is 0 Å². The molecule has 0 aliphatic carbocycles. The fourth-order valence-electron chi connectivity index (χ4n) is 3.95. The summed E-state index contributed by atoms with van der Waals surface area (Å²) < 4.78 is 16.2. The molecule has 1 saturated heterocycles. The Bertz CT molecular complexity index is 1240. The van der Waals surface area contributed by atoms with Gasteiger partial charge in [0.1, 0.15) is 0 Å². The summed E-state index contributed by atoms with van der Waals surface area (Å²) in [6, 6.07) is 14.2. The molecule has 1 aliphatic heterocycles. The number of nitrogens with zero attached hydrogens (tertiary/aromatic N) is 2. The number of fused-ring (bicyclic) bond motifs is 2. The molecule has 1 aliphatic rings. The van der Waals surface area contributed by atoms with E-state index in [9.17, 15) is 5.11 Å². The van der Waals surface area contributed by atoms with Crippen LogP contribution in [0.2, 0.25) is 0 Å². The Morgan fingerprint density at radius 2 is 1.62 bits per heavy atom. The number of aryl methyl sites for hydroxylation is 1. The summed E-state index contributed by atoms with van der Waals surface area (Å²) in [4.78, 5) is 0. The summed E-state index contributed by atoms with van der Waals surface area (Å²) in [6.07, 6.45) is 4.00. The number of aromatic nitrogens is 2. The first-order chi connectivity index (χ1) is 13.7. The number of rotatable bonds is 2. The van der Waals surface area contributed by atoms with Crippen LogP contribution in [0.25, 0.3) is 27.4 Å². The maximum absolute atomic E-state index is 11.0. The monoisotopic (exact) mass is 388 g/mol. The van der Waals surface area contributed by atoms with E-state index < -0.39 is 18.3 Å². The first-order valence-electron chi connectivity index (χ1n) is 9.91. The summed E-state index contributed by atoms with van der Waals surface area (Å²) in [6.45, 7) is 8.16. The van der Waals surface area contributed by atoms with Gasteiger partial charge in [0.15, 0.2) is 0 Å². The minimum atomic E-state index is -0.451. The molecule has 148 valence electrons. The van der Waals surface area contributed by atoms with Crippen LogP contribution >= 0.6 is 0 Å². The Morgan fingerprint density at radius 3 is 2.34 bits per heavy atom. The van der Waals surface area contributed by atoms with Crippen molar-refractivity contribution in [3.8, 4) is 11.6 Å². The Kier molecular flexibility index (Phi) is 3.74. The van der Waals surface area contributed by atoms with E-state index in [1.54, 1.807) is 0 Å². The Labute approximate surface area is 170 Å². The van der Waals surface area contributed by atoms with Gasteiger partial charge in [-0.25, -0.2) is 0 Å². The Hall–Kier alpha value is -2.70. The van der Waals surface area contributed by atoms with Crippen LogP contribution in [0.5, 0.6) is 5.88 Å². The molecule has 0 radical (unpaired) electrons. The van der Waals surface area contributed by atoms with Crippen molar-refractivity contribution in [3.05, 3.63) is 54.9 Å². The van der Waals surface area contributed by atoms with Gasteiger partial charge in [-0.05, 0) is 63.5 Å². The van der Waals surface area contributed by atoms with E-state index in [1.165, 1.54) is 0 Å². The molecule has 1 fully saturated rings.